The Kier molecular flexibility index (Phi) is 4.24. The molecule has 0 bridgehead atoms. The third-order valence-corrected chi connectivity index (χ3v) is 5.17. The summed E-state index contributed by atoms with van der Waals surface area (Å²) in [5.41, 5.74) is 3.85. The molecule has 1 aromatic carbocycles. The van der Waals surface area contributed by atoms with E-state index in [1.807, 2.05) is 30.9 Å². The second kappa shape index (κ2) is 6.57. The van der Waals surface area contributed by atoms with Gasteiger partial charge in [0.15, 0.2) is 6.29 Å². The van der Waals surface area contributed by atoms with Crippen LogP contribution in [0, 0.1) is 6.92 Å². The van der Waals surface area contributed by atoms with Crippen molar-refractivity contribution in [3.8, 4) is 0 Å². The predicted molar refractivity (Wildman–Crippen MR) is 96.2 cm³/mol. The van der Waals surface area contributed by atoms with Gasteiger partial charge in [0.1, 0.15) is 0 Å². The van der Waals surface area contributed by atoms with Crippen molar-refractivity contribution < 1.29 is 9.59 Å². The van der Waals surface area contributed by atoms with Crippen molar-refractivity contribution in [1.29, 1.82) is 0 Å². The fourth-order valence-electron chi connectivity index (χ4n) is 3.72. The van der Waals surface area contributed by atoms with Crippen molar-refractivity contribution >= 4 is 11.8 Å². The van der Waals surface area contributed by atoms with Crippen LogP contribution in [0.1, 0.15) is 46.8 Å². The van der Waals surface area contributed by atoms with Gasteiger partial charge in [0, 0.05) is 25.6 Å². The molecule has 0 radical (unpaired) electrons. The average Bonchev–Trinajstić information content (AvgIpc) is 3.01. The quantitative estimate of drug-likeness (QED) is 0.854. The molecule has 1 aromatic heterocycles. The molecule has 136 valence electrons. The summed E-state index contributed by atoms with van der Waals surface area (Å²) < 4.78 is 1.68. The van der Waals surface area contributed by atoms with Crippen LogP contribution in [-0.4, -0.2) is 39.1 Å². The first-order chi connectivity index (χ1) is 12.5. The molecule has 2 aliphatic rings. The zero-order chi connectivity index (χ0) is 18.3. The van der Waals surface area contributed by atoms with Gasteiger partial charge < -0.3 is 10.2 Å². The molecular weight excluding hydrogens is 330 g/mol. The molecule has 0 aliphatic carbocycles. The Hall–Kier alpha value is -2.67. The van der Waals surface area contributed by atoms with Gasteiger partial charge in [0.25, 0.3) is 5.91 Å². The largest absolute Gasteiger partial charge is 0.334 e. The van der Waals surface area contributed by atoms with Gasteiger partial charge in [-0.2, -0.15) is 5.10 Å². The minimum absolute atomic E-state index is 0.0153. The molecule has 0 saturated carbocycles. The van der Waals surface area contributed by atoms with Crippen LogP contribution in [0.2, 0.25) is 0 Å². The first-order valence-corrected chi connectivity index (χ1v) is 8.98. The molecule has 2 atom stereocenters. The van der Waals surface area contributed by atoms with E-state index in [0.717, 1.165) is 12.1 Å². The SMILES string of the molecule is Cc1c(C(=O)N2CCc3ccccc3C2)cnn1C1NC(=O)CC(C)N1. The first-order valence-electron chi connectivity index (χ1n) is 8.98. The Morgan fingerprint density at radius 3 is 2.81 bits per heavy atom. The van der Waals surface area contributed by atoms with Gasteiger partial charge in [-0.3, -0.25) is 14.9 Å². The van der Waals surface area contributed by atoms with E-state index >= 15 is 0 Å². The zero-order valence-corrected chi connectivity index (χ0v) is 15.0. The summed E-state index contributed by atoms with van der Waals surface area (Å²) in [5, 5.41) is 10.5. The van der Waals surface area contributed by atoms with Gasteiger partial charge in [0.2, 0.25) is 5.91 Å². The molecule has 4 rings (SSSR count). The van der Waals surface area contributed by atoms with Crippen molar-refractivity contribution in [1.82, 2.24) is 25.3 Å². The number of carbonyl (C=O) groups is 2. The Balaban J connectivity index is 1.55. The minimum atomic E-state index is -0.421. The minimum Gasteiger partial charge on any atom is -0.334 e. The summed E-state index contributed by atoms with van der Waals surface area (Å²) in [4.78, 5) is 26.7. The highest BCUT2D eigenvalue weighted by atomic mass is 16.2. The number of nitrogens with zero attached hydrogens (tertiary/aromatic N) is 3. The number of hydrogen-bond donors (Lipinski definition) is 2. The van der Waals surface area contributed by atoms with Crippen molar-refractivity contribution in [2.75, 3.05) is 6.54 Å². The van der Waals surface area contributed by atoms with Crippen LogP contribution in [0.4, 0.5) is 0 Å². The number of carbonyl (C=O) groups excluding carboxylic acids is 2. The van der Waals surface area contributed by atoms with E-state index in [2.05, 4.69) is 27.9 Å². The highest BCUT2D eigenvalue weighted by Gasteiger charge is 2.29. The van der Waals surface area contributed by atoms with Gasteiger partial charge in [-0.15, -0.1) is 0 Å². The molecule has 2 N–H and O–H groups in total. The average molecular weight is 353 g/mol. The number of aromatic nitrogens is 2. The number of hydrogen-bond acceptors (Lipinski definition) is 4. The highest BCUT2D eigenvalue weighted by molar-refractivity contribution is 5.95. The molecule has 2 aliphatic heterocycles. The van der Waals surface area contributed by atoms with Gasteiger partial charge in [0.05, 0.1) is 17.5 Å². The van der Waals surface area contributed by atoms with E-state index in [1.165, 1.54) is 11.1 Å². The summed E-state index contributed by atoms with van der Waals surface area (Å²) in [6.45, 7) is 5.15. The Labute approximate surface area is 152 Å². The maximum absolute atomic E-state index is 13.0. The van der Waals surface area contributed by atoms with Gasteiger partial charge in [-0.25, -0.2) is 4.68 Å². The lowest BCUT2D eigenvalue weighted by Gasteiger charge is -2.31. The summed E-state index contributed by atoms with van der Waals surface area (Å²) in [5.74, 6) is -0.0323. The number of fused-ring (bicyclic) bond motifs is 1. The summed E-state index contributed by atoms with van der Waals surface area (Å²) >= 11 is 0. The maximum atomic E-state index is 13.0. The molecule has 2 amide bonds. The van der Waals surface area contributed by atoms with E-state index in [4.69, 9.17) is 0 Å². The molecule has 2 aromatic rings. The van der Waals surface area contributed by atoms with Crippen LogP contribution in [0.5, 0.6) is 0 Å². The van der Waals surface area contributed by atoms with E-state index in [0.29, 0.717) is 25.1 Å². The summed E-state index contributed by atoms with van der Waals surface area (Å²) in [7, 11) is 0. The van der Waals surface area contributed by atoms with Crippen LogP contribution in [0.15, 0.2) is 30.5 Å². The number of amides is 2. The fourth-order valence-corrected chi connectivity index (χ4v) is 3.72. The molecule has 1 fully saturated rings. The van der Waals surface area contributed by atoms with Gasteiger partial charge in [-0.05, 0) is 31.4 Å². The van der Waals surface area contributed by atoms with Crippen LogP contribution < -0.4 is 10.6 Å². The van der Waals surface area contributed by atoms with Crippen LogP contribution in [0.3, 0.4) is 0 Å². The predicted octanol–water partition coefficient (Wildman–Crippen LogP) is 1.34. The number of nitrogens with one attached hydrogen (secondary N) is 2. The molecule has 7 nitrogen and oxygen atoms in total. The monoisotopic (exact) mass is 353 g/mol. The van der Waals surface area contributed by atoms with Gasteiger partial charge in [-0.1, -0.05) is 24.3 Å². The normalized spacial score (nSPS) is 22.7. The lowest BCUT2D eigenvalue weighted by Crippen LogP contribution is -2.52. The second-order valence-electron chi connectivity index (χ2n) is 7.08. The topological polar surface area (TPSA) is 79.3 Å². The third-order valence-electron chi connectivity index (χ3n) is 5.17. The molecule has 26 heavy (non-hydrogen) atoms. The zero-order valence-electron chi connectivity index (χ0n) is 15.0. The fraction of sp³-hybridized carbons (Fsp3) is 0.421. The Morgan fingerprint density at radius 2 is 2.04 bits per heavy atom. The molecule has 1 saturated heterocycles. The van der Waals surface area contributed by atoms with E-state index in [-0.39, 0.29) is 17.9 Å². The van der Waals surface area contributed by atoms with Crippen LogP contribution in [-0.2, 0) is 17.8 Å². The maximum Gasteiger partial charge on any atom is 0.257 e. The molecule has 2 unspecified atom stereocenters. The van der Waals surface area contributed by atoms with Crippen molar-refractivity contribution in [2.24, 2.45) is 0 Å². The van der Waals surface area contributed by atoms with Crippen LogP contribution in [0.25, 0.3) is 0 Å². The standard InChI is InChI=1S/C19H23N5O2/c1-12-9-17(25)22-19(21-12)24-13(2)16(10-20-24)18(26)23-8-7-14-5-3-4-6-15(14)11-23/h3-6,10,12,19,21H,7-9,11H2,1-2H3,(H,22,25). The smallest absolute Gasteiger partial charge is 0.257 e. The summed E-state index contributed by atoms with van der Waals surface area (Å²) in [6, 6.07) is 8.31. The lowest BCUT2D eigenvalue weighted by atomic mass is 9.99. The second-order valence-corrected chi connectivity index (χ2v) is 7.08. The third kappa shape index (κ3) is 2.99. The molecular formula is C19H23N5O2. The van der Waals surface area contributed by atoms with E-state index in [9.17, 15) is 9.59 Å². The first kappa shape index (κ1) is 16.8. The van der Waals surface area contributed by atoms with Crippen molar-refractivity contribution in [3.63, 3.8) is 0 Å². The molecule has 7 heteroatoms. The number of benzene rings is 1. The lowest BCUT2D eigenvalue weighted by molar-refractivity contribution is -0.125. The van der Waals surface area contributed by atoms with E-state index in [1.54, 1.807) is 10.9 Å². The highest BCUT2D eigenvalue weighted by Crippen LogP contribution is 2.22. The Morgan fingerprint density at radius 1 is 1.27 bits per heavy atom. The molecule has 0 spiro atoms. The molecule has 3 heterocycles. The number of rotatable bonds is 2. The Bertz CT molecular complexity index is 859. The van der Waals surface area contributed by atoms with E-state index < -0.39 is 6.29 Å². The van der Waals surface area contributed by atoms with Crippen molar-refractivity contribution in [2.45, 2.75) is 45.6 Å². The van der Waals surface area contributed by atoms with Crippen LogP contribution >= 0.6 is 0 Å². The van der Waals surface area contributed by atoms with Gasteiger partial charge >= 0.3 is 0 Å². The van der Waals surface area contributed by atoms with Crippen molar-refractivity contribution in [3.05, 3.63) is 52.8 Å². The summed E-state index contributed by atoms with van der Waals surface area (Å²) in [6.07, 6.45) is 2.49.